The number of rotatable bonds is 4. The van der Waals surface area contributed by atoms with Crippen molar-refractivity contribution in [2.45, 2.75) is 13.5 Å². The maximum Gasteiger partial charge on any atom is 0.263 e. The van der Waals surface area contributed by atoms with Crippen LogP contribution in [0.4, 0.5) is 4.48 Å². The molecule has 0 bridgehead atoms. The van der Waals surface area contributed by atoms with E-state index in [9.17, 15) is 18.9 Å². The van der Waals surface area contributed by atoms with Crippen molar-refractivity contribution in [3.8, 4) is 0 Å². The molecule has 0 radical (unpaired) electrons. The average Bonchev–Trinajstić information content (AvgIpc) is 2.56. The molecule has 24 heavy (non-hydrogen) atoms. The summed E-state index contributed by atoms with van der Waals surface area (Å²) in [6.45, 7) is 2.27. The summed E-state index contributed by atoms with van der Waals surface area (Å²) < 4.78 is 11.4. The van der Waals surface area contributed by atoms with Gasteiger partial charge >= 0.3 is 0 Å². The number of hydrogen-bond donors (Lipinski definition) is 2. The Hall–Kier alpha value is -2.80. The molecule has 7 heteroatoms. The zero-order valence-corrected chi connectivity index (χ0v) is 13.8. The molecule has 2 rings (SSSR count). The first-order valence-electron chi connectivity index (χ1n) is 7.21. The molecule has 0 aliphatic carbocycles. The van der Waals surface area contributed by atoms with Crippen LogP contribution < -0.4 is 16.4 Å². The number of amides is 1. The lowest BCUT2D eigenvalue weighted by Gasteiger charge is -2.10. The molecule has 1 aromatic heterocycles. The Morgan fingerprint density at radius 3 is 2.50 bits per heavy atom. The molecule has 0 fully saturated rings. The number of benzene rings is 1. The Kier molecular flexibility index (Phi) is 7.51. The Balaban J connectivity index is 0.000000891. The van der Waals surface area contributed by atoms with Gasteiger partial charge < -0.3 is 9.88 Å². The molecule has 0 aliphatic heterocycles. The van der Waals surface area contributed by atoms with Gasteiger partial charge in [-0.15, -0.1) is 4.48 Å². The molecule has 0 unspecified atom stereocenters. The highest BCUT2D eigenvalue weighted by Gasteiger charge is 2.13. The lowest BCUT2D eigenvalue weighted by atomic mass is 10.1. The fourth-order valence-corrected chi connectivity index (χ4v) is 2.15. The topological polar surface area (TPSA) is 80.2 Å². The van der Waals surface area contributed by atoms with Gasteiger partial charge in [-0.1, -0.05) is 29.8 Å². The summed E-state index contributed by atoms with van der Waals surface area (Å²) in [6.07, 6.45) is 2.09. The van der Waals surface area contributed by atoms with Gasteiger partial charge in [0.15, 0.2) is 6.29 Å². The minimum Gasteiger partial charge on any atom is -0.355 e. The van der Waals surface area contributed by atoms with Crippen LogP contribution >= 0.6 is 0 Å². The lowest BCUT2D eigenvalue weighted by Crippen LogP contribution is -2.31. The van der Waals surface area contributed by atoms with Gasteiger partial charge in [-0.3, -0.25) is 14.4 Å². The molecule has 0 spiro atoms. The van der Waals surface area contributed by atoms with Gasteiger partial charge in [0.1, 0.15) is 5.56 Å². The molecule has 0 aliphatic rings. The second-order valence-corrected chi connectivity index (χ2v) is 5.00. The van der Waals surface area contributed by atoms with Gasteiger partial charge in [-0.25, -0.2) is 0 Å². The summed E-state index contributed by atoms with van der Waals surface area (Å²) in [7, 11) is 2.65. The van der Waals surface area contributed by atoms with E-state index in [0.29, 0.717) is 18.4 Å². The largest absolute Gasteiger partial charge is 0.355 e. The Morgan fingerprint density at radius 1 is 1.29 bits per heavy atom. The molecular weight excluding hydrogens is 313 g/mol. The predicted molar refractivity (Wildman–Crippen MR) is 89.9 cm³/mol. The van der Waals surface area contributed by atoms with E-state index in [1.807, 2.05) is 31.2 Å². The van der Waals surface area contributed by atoms with E-state index < -0.39 is 11.5 Å². The van der Waals surface area contributed by atoms with Crippen LogP contribution in [0.1, 0.15) is 31.8 Å². The van der Waals surface area contributed by atoms with E-state index in [-0.39, 0.29) is 5.56 Å². The first-order chi connectivity index (χ1) is 11.5. The van der Waals surface area contributed by atoms with Gasteiger partial charge in [0.05, 0.1) is 6.54 Å². The summed E-state index contributed by atoms with van der Waals surface area (Å²) in [5, 5.41) is 2.41. The van der Waals surface area contributed by atoms with Crippen LogP contribution in [-0.2, 0) is 6.54 Å². The summed E-state index contributed by atoms with van der Waals surface area (Å²) in [6, 6.07) is 9.02. The fraction of sp³-hybridized carbons (Fsp3) is 0.235. The van der Waals surface area contributed by atoms with Crippen LogP contribution in [0.5, 0.6) is 0 Å². The van der Waals surface area contributed by atoms with Gasteiger partial charge in [0.25, 0.3) is 11.5 Å². The average molecular weight is 333 g/mol. The third-order valence-corrected chi connectivity index (χ3v) is 3.15. The van der Waals surface area contributed by atoms with Crippen LogP contribution in [-0.4, -0.2) is 30.9 Å². The fourth-order valence-electron chi connectivity index (χ4n) is 2.15. The van der Waals surface area contributed by atoms with Crippen molar-refractivity contribution in [3.63, 3.8) is 0 Å². The number of nitrogens with zero attached hydrogens (tertiary/aromatic N) is 1. The molecular formula is C17H20FN3O3. The summed E-state index contributed by atoms with van der Waals surface area (Å²) in [4.78, 5) is 35.0. The Labute approximate surface area is 139 Å². The van der Waals surface area contributed by atoms with Gasteiger partial charge in [0.2, 0.25) is 0 Å². The normalized spacial score (nSPS) is 9.67. The number of carbonyl (C=O) groups excluding carboxylic acids is 2. The van der Waals surface area contributed by atoms with Crippen LogP contribution in [0.25, 0.3) is 0 Å². The van der Waals surface area contributed by atoms with Crippen LogP contribution in [0.15, 0.2) is 41.3 Å². The SMILES string of the molecule is CNC(=O)c1cc(C=O)cn(Cc2cccc(C)c2)c1=O.CNF. The molecule has 0 atom stereocenters. The molecule has 128 valence electrons. The Morgan fingerprint density at radius 2 is 1.96 bits per heavy atom. The monoisotopic (exact) mass is 333 g/mol. The van der Waals surface area contributed by atoms with Gasteiger partial charge in [0, 0.05) is 25.9 Å². The standard InChI is InChI=1S/C16H16N2O3.CH4FN/c1-11-4-3-5-12(6-11)8-18-9-13(10-19)7-14(16(18)21)15(20)17-2;1-3-2/h3-7,9-10H,8H2,1-2H3,(H,17,20);3H,1H3. The van der Waals surface area contributed by atoms with Crippen molar-refractivity contribution in [2.24, 2.45) is 0 Å². The zero-order chi connectivity index (χ0) is 18.1. The highest BCUT2D eigenvalue weighted by atomic mass is 19.2. The van der Waals surface area contributed by atoms with Crippen molar-refractivity contribution < 1.29 is 14.1 Å². The minimum absolute atomic E-state index is 0.0326. The number of aldehydes is 1. The van der Waals surface area contributed by atoms with Crippen molar-refractivity contribution in [3.05, 3.63) is 69.1 Å². The van der Waals surface area contributed by atoms with Gasteiger partial charge in [-0.2, -0.15) is 5.54 Å². The number of nitrogens with one attached hydrogen (secondary N) is 2. The second kappa shape index (κ2) is 9.36. The highest BCUT2D eigenvalue weighted by Crippen LogP contribution is 2.07. The highest BCUT2D eigenvalue weighted by molar-refractivity contribution is 5.95. The Bertz CT molecular complexity index is 772. The molecule has 1 heterocycles. The molecule has 0 saturated carbocycles. The van der Waals surface area contributed by atoms with E-state index in [2.05, 4.69) is 5.32 Å². The first-order valence-corrected chi connectivity index (χ1v) is 7.21. The predicted octanol–water partition coefficient (Wildman–Crippen LogP) is 1.47. The van der Waals surface area contributed by atoms with E-state index in [1.165, 1.54) is 36.5 Å². The van der Waals surface area contributed by atoms with Crippen LogP contribution in [0.2, 0.25) is 0 Å². The summed E-state index contributed by atoms with van der Waals surface area (Å²) in [5.41, 5.74) is 3.11. The van der Waals surface area contributed by atoms with E-state index >= 15 is 0 Å². The lowest BCUT2D eigenvalue weighted by molar-refractivity contribution is 0.0961. The van der Waals surface area contributed by atoms with Crippen LogP contribution in [0.3, 0.4) is 0 Å². The third-order valence-electron chi connectivity index (χ3n) is 3.15. The zero-order valence-electron chi connectivity index (χ0n) is 13.8. The molecule has 2 aromatic rings. The van der Waals surface area contributed by atoms with E-state index in [4.69, 9.17) is 0 Å². The number of hydrogen-bond acceptors (Lipinski definition) is 4. The molecule has 1 aromatic carbocycles. The molecule has 0 saturated heterocycles. The van der Waals surface area contributed by atoms with Gasteiger partial charge in [-0.05, 0) is 18.6 Å². The summed E-state index contributed by atoms with van der Waals surface area (Å²) in [5.74, 6) is -0.498. The number of aromatic nitrogens is 1. The molecule has 6 nitrogen and oxygen atoms in total. The molecule has 1 amide bonds. The van der Waals surface area contributed by atoms with E-state index in [0.717, 1.165) is 11.1 Å². The van der Waals surface area contributed by atoms with Crippen molar-refractivity contribution in [1.82, 2.24) is 15.4 Å². The van der Waals surface area contributed by atoms with Crippen LogP contribution in [0, 0.1) is 6.92 Å². The number of aryl methyl sites for hydroxylation is 1. The quantitative estimate of drug-likeness (QED) is 0.656. The van der Waals surface area contributed by atoms with Crippen molar-refractivity contribution in [1.29, 1.82) is 0 Å². The van der Waals surface area contributed by atoms with Crippen molar-refractivity contribution >= 4 is 12.2 Å². The second-order valence-electron chi connectivity index (χ2n) is 5.00. The molecule has 2 N–H and O–H groups in total. The number of halogens is 1. The van der Waals surface area contributed by atoms with Crippen molar-refractivity contribution in [2.75, 3.05) is 14.1 Å². The maximum absolute atomic E-state index is 12.3. The smallest absolute Gasteiger partial charge is 0.263 e. The maximum atomic E-state index is 12.3. The minimum atomic E-state index is -0.498. The third kappa shape index (κ3) is 5.13. The summed E-state index contributed by atoms with van der Waals surface area (Å²) >= 11 is 0. The number of carbonyl (C=O) groups is 2. The first kappa shape index (κ1) is 19.2. The number of pyridine rings is 1. The van der Waals surface area contributed by atoms with E-state index in [1.54, 1.807) is 0 Å².